The number of hydrogen-bond donors (Lipinski definition) is 1. The Morgan fingerprint density at radius 1 is 1.09 bits per heavy atom. The van der Waals surface area contributed by atoms with E-state index in [0.29, 0.717) is 6.42 Å². The largest absolute Gasteiger partial charge is 0.459 e. The van der Waals surface area contributed by atoms with Gasteiger partial charge in [-0.1, -0.05) is 20.8 Å². The van der Waals surface area contributed by atoms with Crippen LogP contribution in [-0.2, 0) is 4.79 Å². The van der Waals surface area contributed by atoms with Crippen molar-refractivity contribution in [2.24, 2.45) is 22.7 Å². The van der Waals surface area contributed by atoms with Crippen LogP contribution in [0.15, 0.2) is 0 Å². The third kappa shape index (κ3) is 2.01. The van der Waals surface area contributed by atoms with E-state index in [2.05, 4.69) is 0 Å². The number of aliphatic hydroxyl groups excluding tert-OH is 1. The zero-order chi connectivity index (χ0) is 18.2. The van der Waals surface area contributed by atoms with Gasteiger partial charge in [-0.15, -0.1) is 0 Å². The lowest BCUT2D eigenvalue weighted by molar-refractivity contribution is -0.374. The monoisotopic (exact) mass is 350 g/mol. The summed E-state index contributed by atoms with van der Waals surface area (Å²) in [4.78, 5) is 12.3. The smallest absolute Gasteiger partial charge is 0.386 e. The number of rotatable bonds is 3. The summed E-state index contributed by atoms with van der Waals surface area (Å²) < 4.78 is 90.5. The zero-order valence-electron chi connectivity index (χ0n) is 12.6. The summed E-state index contributed by atoms with van der Waals surface area (Å²) in [7, 11) is 0. The van der Waals surface area contributed by atoms with E-state index in [0.717, 1.165) is 0 Å². The van der Waals surface area contributed by atoms with Crippen LogP contribution >= 0.6 is 0 Å². The highest BCUT2D eigenvalue weighted by atomic mass is 19.4. The number of ketones is 1. The van der Waals surface area contributed by atoms with Gasteiger partial charge in [-0.05, 0) is 24.2 Å². The van der Waals surface area contributed by atoms with Gasteiger partial charge < -0.3 is 5.11 Å². The molecule has 0 aromatic rings. The van der Waals surface area contributed by atoms with E-state index >= 15 is 0 Å². The Bertz CT molecular complexity index is 526. The minimum Gasteiger partial charge on any atom is -0.386 e. The first-order chi connectivity index (χ1) is 10.0. The number of alkyl halides is 7. The molecule has 2 saturated carbocycles. The fraction of sp³-hybridized carbons (Fsp3) is 0.929. The van der Waals surface area contributed by atoms with Gasteiger partial charge in [0.05, 0.1) is 5.92 Å². The van der Waals surface area contributed by atoms with Gasteiger partial charge in [-0.2, -0.15) is 30.7 Å². The van der Waals surface area contributed by atoms with Gasteiger partial charge in [-0.3, -0.25) is 4.79 Å². The Kier molecular flexibility index (Phi) is 3.70. The molecule has 2 nitrogen and oxygen atoms in total. The van der Waals surface area contributed by atoms with Gasteiger partial charge in [-0.25, -0.2) is 0 Å². The van der Waals surface area contributed by atoms with E-state index in [1.165, 1.54) is 6.92 Å². The molecule has 0 aromatic carbocycles. The summed E-state index contributed by atoms with van der Waals surface area (Å²) in [5.74, 6) is -15.9. The predicted molar refractivity (Wildman–Crippen MR) is 65.1 cm³/mol. The van der Waals surface area contributed by atoms with E-state index < -0.39 is 52.6 Å². The van der Waals surface area contributed by atoms with Crippen LogP contribution in [0.1, 0.15) is 33.6 Å². The number of aliphatic hydroxyl groups is 1. The first-order valence-electron chi connectivity index (χ1n) is 7.08. The lowest BCUT2D eigenvalue weighted by Gasteiger charge is -2.36. The van der Waals surface area contributed by atoms with Crippen LogP contribution in [0.3, 0.4) is 0 Å². The van der Waals surface area contributed by atoms with Crippen LogP contribution in [0.25, 0.3) is 0 Å². The van der Waals surface area contributed by atoms with Crippen LogP contribution in [0.4, 0.5) is 30.7 Å². The molecule has 0 heterocycles. The SMILES string of the molecule is CC1(C)[C@@H]2CC[C@@]1(C)C(=O)[C@H]2C(O)C(F)(F)C(F)(F)C(F)(F)F. The van der Waals surface area contributed by atoms with Gasteiger partial charge in [0.15, 0.2) is 0 Å². The average Bonchev–Trinajstić information content (AvgIpc) is 2.68. The molecule has 2 rings (SSSR count). The van der Waals surface area contributed by atoms with Crippen molar-refractivity contribution in [3.05, 3.63) is 0 Å². The van der Waals surface area contributed by atoms with Crippen molar-refractivity contribution in [1.29, 1.82) is 0 Å². The number of Topliss-reactive ketones (excluding diaryl/α,β-unsaturated/α-hetero) is 1. The molecule has 2 aliphatic carbocycles. The third-order valence-electron chi connectivity index (χ3n) is 6.07. The summed E-state index contributed by atoms with van der Waals surface area (Å²) in [5.41, 5.74) is -1.98. The molecule has 0 aliphatic heterocycles. The molecule has 2 aliphatic rings. The molecule has 23 heavy (non-hydrogen) atoms. The molecule has 0 spiro atoms. The molecule has 0 saturated heterocycles. The van der Waals surface area contributed by atoms with Crippen molar-refractivity contribution in [2.75, 3.05) is 0 Å². The summed E-state index contributed by atoms with van der Waals surface area (Å²) >= 11 is 0. The van der Waals surface area contributed by atoms with Crippen LogP contribution in [0.5, 0.6) is 0 Å². The van der Waals surface area contributed by atoms with Crippen molar-refractivity contribution in [3.8, 4) is 0 Å². The van der Waals surface area contributed by atoms with Gasteiger partial charge in [0.1, 0.15) is 11.9 Å². The topological polar surface area (TPSA) is 37.3 Å². The fourth-order valence-corrected chi connectivity index (χ4v) is 4.12. The molecule has 0 radical (unpaired) electrons. The van der Waals surface area contributed by atoms with Gasteiger partial charge in [0, 0.05) is 5.41 Å². The predicted octanol–water partition coefficient (Wildman–Crippen LogP) is 3.82. The van der Waals surface area contributed by atoms with Crippen LogP contribution in [-0.4, -0.2) is 35.0 Å². The highest BCUT2D eigenvalue weighted by molar-refractivity contribution is 5.92. The Morgan fingerprint density at radius 3 is 1.91 bits per heavy atom. The normalized spacial score (nSPS) is 35.7. The second kappa shape index (κ2) is 4.61. The molecule has 2 bridgehead atoms. The molecule has 1 N–H and O–H groups in total. The van der Waals surface area contributed by atoms with Crippen molar-refractivity contribution in [3.63, 3.8) is 0 Å². The molecule has 9 heteroatoms. The summed E-state index contributed by atoms with van der Waals surface area (Å²) in [6.07, 6.45) is -9.38. The Hall–Kier alpha value is -0.860. The Labute approximate surface area is 128 Å². The molecule has 0 amide bonds. The first-order valence-corrected chi connectivity index (χ1v) is 7.08. The highest BCUT2D eigenvalue weighted by Crippen LogP contribution is 2.67. The second-order valence-corrected chi connectivity index (χ2v) is 7.23. The van der Waals surface area contributed by atoms with Crippen LogP contribution < -0.4 is 0 Å². The van der Waals surface area contributed by atoms with Gasteiger partial charge in [0.2, 0.25) is 0 Å². The fourth-order valence-electron chi connectivity index (χ4n) is 4.12. The first kappa shape index (κ1) is 18.5. The van der Waals surface area contributed by atoms with Crippen LogP contribution in [0.2, 0.25) is 0 Å². The van der Waals surface area contributed by atoms with E-state index in [1.54, 1.807) is 13.8 Å². The molecule has 4 atom stereocenters. The second-order valence-electron chi connectivity index (χ2n) is 7.23. The van der Waals surface area contributed by atoms with E-state index in [4.69, 9.17) is 0 Å². The number of carbonyl (C=O) groups is 1. The maximum atomic E-state index is 13.7. The average molecular weight is 350 g/mol. The minimum atomic E-state index is -6.53. The Morgan fingerprint density at radius 2 is 1.57 bits per heavy atom. The van der Waals surface area contributed by atoms with Crippen molar-refractivity contribution in [2.45, 2.75) is 57.7 Å². The lowest BCUT2D eigenvalue weighted by atomic mass is 9.70. The quantitative estimate of drug-likeness (QED) is 0.786. The maximum absolute atomic E-state index is 13.7. The van der Waals surface area contributed by atoms with E-state index in [9.17, 15) is 40.6 Å². The van der Waals surface area contributed by atoms with Crippen molar-refractivity contribution >= 4 is 5.78 Å². The molecule has 2 fully saturated rings. The number of fused-ring (bicyclic) bond motifs is 2. The molecular formula is C14H17F7O2. The zero-order valence-corrected chi connectivity index (χ0v) is 12.6. The molecular weight excluding hydrogens is 333 g/mol. The molecule has 1 unspecified atom stereocenters. The van der Waals surface area contributed by atoms with Crippen LogP contribution in [0, 0.1) is 22.7 Å². The number of carbonyl (C=O) groups excluding carboxylic acids is 1. The van der Waals surface area contributed by atoms with E-state index in [1.807, 2.05) is 0 Å². The lowest BCUT2D eigenvalue weighted by Crippen LogP contribution is -2.61. The minimum absolute atomic E-state index is 0.213. The number of hydrogen-bond acceptors (Lipinski definition) is 2. The van der Waals surface area contributed by atoms with Gasteiger partial charge >= 0.3 is 18.0 Å². The summed E-state index contributed by atoms with van der Waals surface area (Å²) in [6, 6.07) is 0. The van der Waals surface area contributed by atoms with Crippen molar-refractivity contribution in [1.82, 2.24) is 0 Å². The standard InChI is InChI=1S/C14H17F7O2/c1-10(2)6-4-5-11(10,3)8(22)7(6)9(23)12(15,16)13(17,18)14(19,20)21/h6-7,9,23H,4-5H2,1-3H3/t6-,7+,9?,11+/m1/s1. The van der Waals surface area contributed by atoms with Crippen molar-refractivity contribution < 1.29 is 40.6 Å². The number of halogens is 7. The third-order valence-corrected chi connectivity index (χ3v) is 6.07. The molecule has 0 aromatic heterocycles. The highest BCUT2D eigenvalue weighted by Gasteiger charge is 2.79. The summed E-state index contributed by atoms with van der Waals surface area (Å²) in [6.45, 7) is 4.63. The van der Waals surface area contributed by atoms with Gasteiger partial charge in [0.25, 0.3) is 0 Å². The maximum Gasteiger partial charge on any atom is 0.459 e. The summed E-state index contributed by atoms with van der Waals surface area (Å²) in [5, 5.41) is 9.66. The molecule has 134 valence electrons. The van der Waals surface area contributed by atoms with E-state index in [-0.39, 0.29) is 6.42 Å². The Balaban J connectivity index is 2.42.